The van der Waals surface area contributed by atoms with Gasteiger partial charge in [-0.25, -0.2) is 0 Å². The van der Waals surface area contributed by atoms with Crippen LogP contribution in [0.4, 0.5) is 0 Å². The zero-order valence-corrected chi connectivity index (χ0v) is 12.6. The third-order valence-electron chi connectivity index (χ3n) is 3.29. The summed E-state index contributed by atoms with van der Waals surface area (Å²) in [5, 5.41) is 8.88. The lowest BCUT2D eigenvalue weighted by Crippen LogP contribution is -2.03. The highest BCUT2D eigenvalue weighted by Crippen LogP contribution is 2.43. The molecule has 0 unspecified atom stereocenters. The number of hydrogen-bond acceptors (Lipinski definition) is 4. The Morgan fingerprint density at radius 2 is 1.80 bits per heavy atom. The molecule has 0 amide bonds. The van der Waals surface area contributed by atoms with Gasteiger partial charge in [0.25, 0.3) is 0 Å². The largest absolute Gasteiger partial charge is 0.495 e. The fourth-order valence-corrected chi connectivity index (χ4v) is 2.57. The number of nitrogens with zero attached hydrogens (tertiary/aromatic N) is 3. The van der Waals surface area contributed by atoms with Crippen LogP contribution in [0.25, 0.3) is 5.69 Å². The molecule has 2 aromatic rings. The lowest BCUT2D eigenvalue weighted by atomic mass is 10.2. The van der Waals surface area contributed by atoms with Crippen LogP contribution in [0.5, 0.6) is 11.5 Å². The SMILES string of the molecule is COc1cc(OC)c(-n2c(Cl)nnc2C2CC2)cc1Cl. The molecule has 7 heteroatoms. The van der Waals surface area contributed by atoms with Crippen molar-refractivity contribution >= 4 is 23.2 Å². The van der Waals surface area contributed by atoms with Crippen molar-refractivity contribution in [2.45, 2.75) is 18.8 Å². The summed E-state index contributed by atoms with van der Waals surface area (Å²) in [6.45, 7) is 0. The highest BCUT2D eigenvalue weighted by molar-refractivity contribution is 6.32. The van der Waals surface area contributed by atoms with E-state index in [0.717, 1.165) is 24.4 Å². The molecule has 1 aliphatic rings. The average molecular weight is 314 g/mol. The highest BCUT2D eigenvalue weighted by Gasteiger charge is 2.31. The molecule has 0 N–H and O–H groups in total. The van der Waals surface area contributed by atoms with Crippen molar-refractivity contribution in [3.8, 4) is 17.2 Å². The van der Waals surface area contributed by atoms with Gasteiger partial charge in [-0.1, -0.05) is 11.6 Å². The normalized spacial score (nSPS) is 14.4. The molecule has 1 aromatic heterocycles. The van der Waals surface area contributed by atoms with Gasteiger partial charge in [-0.2, -0.15) is 0 Å². The van der Waals surface area contributed by atoms with E-state index in [9.17, 15) is 0 Å². The summed E-state index contributed by atoms with van der Waals surface area (Å²) in [4.78, 5) is 0. The maximum Gasteiger partial charge on any atom is 0.229 e. The van der Waals surface area contributed by atoms with Crippen molar-refractivity contribution in [2.24, 2.45) is 0 Å². The monoisotopic (exact) mass is 313 g/mol. The molecule has 0 saturated heterocycles. The number of aromatic nitrogens is 3. The fourth-order valence-electron chi connectivity index (χ4n) is 2.12. The van der Waals surface area contributed by atoms with Crippen LogP contribution in [0.1, 0.15) is 24.6 Å². The van der Waals surface area contributed by atoms with E-state index in [0.29, 0.717) is 27.7 Å². The zero-order chi connectivity index (χ0) is 14.3. The minimum absolute atomic E-state index is 0.298. The Morgan fingerprint density at radius 3 is 2.40 bits per heavy atom. The number of rotatable bonds is 4. The molecule has 3 rings (SSSR count). The van der Waals surface area contributed by atoms with E-state index in [1.54, 1.807) is 30.9 Å². The molecule has 20 heavy (non-hydrogen) atoms. The maximum atomic E-state index is 6.20. The van der Waals surface area contributed by atoms with Gasteiger partial charge in [0.15, 0.2) is 0 Å². The molecule has 0 bridgehead atoms. The van der Waals surface area contributed by atoms with Crippen LogP contribution >= 0.6 is 23.2 Å². The van der Waals surface area contributed by atoms with Crippen molar-refractivity contribution in [1.82, 2.24) is 14.8 Å². The first-order valence-electron chi connectivity index (χ1n) is 6.18. The van der Waals surface area contributed by atoms with E-state index < -0.39 is 0 Å². The molecule has 1 saturated carbocycles. The second-order valence-corrected chi connectivity index (χ2v) is 5.34. The maximum absolute atomic E-state index is 6.20. The van der Waals surface area contributed by atoms with Gasteiger partial charge in [0.1, 0.15) is 17.3 Å². The van der Waals surface area contributed by atoms with Gasteiger partial charge in [-0.15, -0.1) is 10.2 Å². The summed E-state index contributed by atoms with van der Waals surface area (Å²) in [6, 6.07) is 3.48. The molecule has 0 atom stereocenters. The standard InChI is InChI=1S/C13H13Cl2N3O2/c1-19-10-6-11(20-2)9(5-8(10)14)18-12(7-3-4-7)16-17-13(18)15/h5-7H,3-4H2,1-2H3. The van der Waals surface area contributed by atoms with Crippen molar-refractivity contribution in [3.05, 3.63) is 28.3 Å². The van der Waals surface area contributed by atoms with Crippen LogP contribution in [0.15, 0.2) is 12.1 Å². The van der Waals surface area contributed by atoms with Crippen LogP contribution in [0, 0.1) is 0 Å². The third kappa shape index (κ3) is 2.21. The molecule has 0 aliphatic heterocycles. The van der Waals surface area contributed by atoms with E-state index in [2.05, 4.69) is 10.2 Å². The number of halogens is 2. The van der Waals surface area contributed by atoms with Crippen LogP contribution in [0.3, 0.4) is 0 Å². The van der Waals surface area contributed by atoms with Gasteiger partial charge in [0, 0.05) is 12.0 Å². The van der Waals surface area contributed by atoms with Gasteiger partial charge in [-0.05, 0) is 30.5 Å². The van der Waals surface area contributed by atoms with Crippen molar-refractivity contribution in [1.29, 1.82) is 0 Å². The Bertz CT molecular complexity index is 653. The highest BCUT2D eigenvalue weighted by atomic mass is 35.5. The van der Waals surface area contributed by atoms with Gasteiger partial charge >= 0.3 is 0 Å². The molecular formula is C13H13Cl2N3O2. The first kappa shape index (κ1) is 13.5. The Kier molecular flexibility index (Phi) is 3.48. The minimum atomic E-state index is 0.298. The molecular weight excluding hydrogens is 301 g/mol. The molecule has 1 fully saturated rings. The molecule has 1 aromatic carbocycles. The average Bonchev–Trinajstić information content (AvgIpc) is 3.22. The number of hydrogen-bond donors (Lipinski definition) is 0. The zero-order valence-electron chi connectivity index (χ0n) is 11.1. The predicted octanol–water partition coefficient (Wildman–Crippen LogP) is 3.47. The Balaban J connectivity index is 2.18. The van der Waals surface area contributed by atoms with Crippen LogP contribution in [0.2, 0.25) is 10.3 Å². The molecule has 1 heterocycles. The lowest BCUT2D eigenvalue weighted by Gasteiger charge is -2.14. The first-order valence-corrected chi connectivity index (χ1v) is 6.94. The summed E-state index contributed by atoms with van der Waals surface area (Å²) in [7, 11) is 3.14. The Labute approximate surface area is 126 Å². The van der Waals surface area contributed by atoms with Gasteiger partial charge in [0.05, 0.1) is 24.9 Å². The van der Waals surface area contributed by atoms with Gasteiger partial charge in [-0.3, -0.25) is 4.57 Å². The summed E-state index contributed by atoms with van der Waals surface area (Å²) < 4.78 is 12.4. The fraction of sp³-hybridized carbons (Fsp3) is 0.385. The number of ether oxygens (including phenoxy) is 2. The molecule has 0 radical (unpaired) electrons. The van der Waals surface area contributed by atoms with Crippen molar-refractivity contribution < 1.29 is 9.47 Å². The second kappa shape index (κ2) is 5.14. The molecule has 0 spiro atoms. The molecule has 5 nitrogen and oxygen atoms in total. The molecule has 106 valence electrons. The van der Waals surface area contributed by atoms with Gasteiger partial charge in [0.2, 0.25) is 5.28 Å². The Morgan fingerprint density at radius 1 is 1.10 bits per heavy atom. The van der Waals surface area contributed by atoms with Crippen molar-refractivity contribution in [2.75, 3.05) is 14.2 Å². The second-order valence-electron chi connectivity index (χ2n) is 4.60. The van der Waals surface area contributed by atoms with E-state index in [4.69, 9.17) is 32.7 Å². The lowest BCUT2D eigenvalue weighted by molar-refractivity contribution is 0.393. The van der Waals surface area contributed by atoms with E-state index in [1.165, 1.54) is 0 Å². The third-order valence-corrected chi connectivity index (χ3v) is 3.83. The van der Waals surface area contributed by atoms with Crippen LogP contribution in [-0.2, 0) is 0 Å². The quantitative estimate of drug-likeness (QED) is 0.867. The molecule has 1 aliphatic carbocycles. The number of methoxy groups -OCH3 is 2. The van der Waals surface area contributed by atoms with E-state index in [-0.39, 0.29) is 0 Å². The van der Waals surface area contributed by atoms with Crippen LogP contribution < -0.4 is 9.47 Å². The Hall–Kier alpha value is -1.46. The number of benzene rings is 1. The topological polar surface area (TPSA) is 49.2 Å². The van der Waals surface area contributed by atoms with Crippen molar-refractivity contribution in [3.63, 3.8) is 0 Å². The van der Waals surface area contributed by atoms with E-state index >= 15 is 0 Å². The predicted molar refractivity (Wildman–Crippen MR) is 76.5 cm³/mol. The minimum Gasteiger partial charge on any atom is -0.495 e. The smallest absolute Gasteiger partial charge is 0.229 e. The summed E-state index contributed by atoms with van der Waals surface area (Å²) in [5.41, 5.74) is 0.718. The van der Waals surface area contributed by atoms with Crippen LogP contribution in [-0.4, -0.2) is 29.0 Å². The van der Waals surface area contributed by atoms with Gasteiger partial charge < -0.3 is 9.47 Å². The summed E-state index contributed by atoms with van der Waals surface area (Å²) in [5.74, 6) is 2.40. The van der Waals surface area contributed by atoms with E-state index in [1.807, 2.05) is 0 Å². The summed E-state index contributed by atoms with van der Waals surface area (Å²) >= 11 is 12.4. The summed E-state index contributed by atoms with van der Waals surface area (Å²) in [6.07, 6.45) is 2.20. The first-order chi connectivity index (χ1) is 9.65.